The SMILES string of the molecule is COC(=O)C1CC(=O)N(c2ccc3c(c2)C(=O)N(C)C3=O)C1. The molecule has 1 atom stereocenters. The van der Waals surface area contributed by atoms with E-state index in [1.807, 2.05) is 0 Å². The molecule has 1 aromatic carbocycles. The van der Waals surface area contributed by atoms with E-state index < -0.39 is 17.8 Å². The molecule has 0 aromatic heterocycles. The smallest absolute Gasteiger partial charge is 0.311 e. The first-order valence-electron chi connectivity index (χ1n) is 6.78. The molecule has 7 heteroatoms. The van der Waals surface area contributed by atoms with E-state index in [-0.39, 0.29) is 30.3 Å². The lowest BCUT2D eigenvalue weighted by Gasteiger charge is -2.16. The summed E-state index contributed by atoms with van der Waals surface area (Å²) in [4.78, 5) is 50.0. The highest BCUT2D eigenvalue weighted by atomic mass is 16.5. The van der Waals surface area contributed by atoms with E-state index in [0.717, 1.165) is 4.90 Å². The predicted octanol–water partition coefficient (Wildman–Crippen LogP) is 0.438. The van der Waals surface area contributed by atoms with Gasteiger partial charge in [-0.1, -0.05) is 0 Å². The van der Waals surface area contributed by atoms with E-state index in [4.69, 9.17) is 0 Å². The Morgan fingerprint density at radius 1 is 1.18 bits per heavy atom. The molecule has 114 valence electrons. The number of hydrogen-bond donors (Lipinski definition) is 0. The minimum absolute atomic E-state index is 0.0799. The monoisotopic (exact) mass is 302 g/mol. The molecule has 2 heterocycles. The number of benzene rings is 1. The van der Waals surface area contributed by atoms with Crippen LogP contribution < -0.4 is 4.90 Å². The molecule has 22 heavy (non-hydrogen) atoms. The number of ether oxygens (including phenoxy) is 1. The zero-order valence-electron chi connectivity index (χ0n) is 12.2. The minimum Gasteiger partial charge on any atom is -0.469 e. The highest BCUT2D eigenvalue weighted by Gasteiger charge is 2.38. The molecule has 0 spiro atoms. The number of anilines is 1. The first kappa shape index (κ1) is 14.2. The summed E-state index contributed by atoms with van der Waals surface area (Å²) >= 11 is 0. The first-order chi connectivity index (χ1) is 10.4. The van der Waals surface area contributed by atoms with Gasteiger partial charge in [0.15, 0.2) is 0 Å². The van der Waals surface area contributed by atoms with Crippen molar-refractivity contribution in [2.75, 3.05) is 25.6 Å². The molecule has 1 saturated heterocycles. The molecule has 0 aliphatic carbocycles. The molecule has 0 bridgehead atoms. The molecule has 2 aliphatic rings. The Morgan fingerprint density at radius 3 is 2.55 bits per heavy atom. The second kappa shape index (κ2) is 4.94. The van der Waals surface area contributed by atoms with E-state index >= 15 is 0 Å². The van der Waals surface area contributed by atoms with Crippen LogP contribution in [-0.4, -0.2) is 49.3 Å². The maximum atomic E-state index is 12.1. The van der Waals surface area contributed by atoms with Crippen LogP contribution in [0.5, 0.6) is 0 Å². The van der Waals surface area contributed by atoms with Crippen LogP contribution in [0.1, 0.15) is 27.1 Å². The summed E-state index contributed by atoms with van der Waals surface area (Å²) in [7, 11) is 2.70. The summed E-state index contributed by atoms with van der Waals surface area (Å²) in [6, 6.07) is 4.67. The van der Waals surface area contributed by atoms with Crippen LogP contribution >= 0.6 is 0 Å². The van der Waals surface area contributed by atoms with Crippen LogP contribution in [0.15, 0.2) is 18.2 Å². The quantitative estimate of drug-likeness (QED) is 0.584. The third-order valence-corrected chi connectivity index (χ3v) is 4.04. The van der Waals surface area contributed by atoms with Gasteiger partial charge in [0, 0.05) is 25.7 Å². The van der Waals surface area contributed by atoms with Gasteiger partial charge in [0.25, 0.3) is 11.8 Å². The fourth-order valence-electron chi connectivity index (χ4n) is 2.80. The van der Waals surface area contributed by atoms with Crippen molar-refractivity contribution in [3.8, 4) is 0 Å². The summed E-state index contributed by atoms with van der Waals surface area (Å²) in [5, 5.41) is 0. The maximum Gasteiger partial charge on any atom is 0.311 e. The van der Waals surface area contributed by atoms with Crippen LogP contribution in [0.4, 0.5) is 5.69 Å². The number of amides is 3. The largest absolute Gasteiger partial charge is 0.469 e. The summed E-state index contributed by atoms with van der Waals surface area (Å²) in [6.07, 6.45) is 0.0799. The van der Waals surface area contributed by atoms with Crippen molar-refractivity contribution in [1.29, 1.82) is 0 Å². The molecule has 1 unspecified atom stereocenters. The number of fused-ring (bicyclic) bond motifs is 1. The number of nitrogens with zero attached hydrogens (tertiary/aromatic N) is 2. The van der Waals surface area contributed by atoms with E-state index in [1.165, 1.54) is 31.2 Å². The van der Waals surface area contributed by atoms with E-state index in [2.05, 4.69) is 4.74 Å². The molecule has 2 aliphatic heterocycles. The standard InChI is InChI=1S/C15H14N2O5/c1-16-13(19)10-4-3-9(6-11(10)14(16)20)17-7-8(5-12(17)18)15(21)22-2/h3-4,6,8H,5,7H2,1-2H3. The highest BCUT2D eigenvalue weighted by Crippen LogP contribution is 2.30. The Kier molecular flexibility index (Phi) is 3.20. The van der Waals surface area contributed by atoms with Gasteiger partial charge < -0.3 is 9.64 Å². The van der Waals surface area contributed by atoms with Crippen molar-refractivity contribution in [2.24, 2.45) is 5.92 Å². The van der Waals surface area contributed by atoms with Crippen molar-refractivity contribution < 1.29 is 23.9 Å². The third-order valence-electron chi connectivity index (χ3n) is 4.04. The second-order valence-corrected chi connectivity index (χ2v) is 5.33. The lowest BCUT2D eigenvalue weighted by molar-refractivity contribution is -0.145. The van der Waals surface area contributed by atoms with Crippen molar-refractivity contribution in [2.45, 2.75) is 6.42 Å². The Labute approximate surface area is 126 Å². The van der Waals surface area contributed by atoms with Gasteiger partial charge in [-0.2, -0.15) is 0 Å². The third kappa shape index (κ3) is 1.97. The summed E-state index contributed by atoms with van der Waals surface area (Å²) in [5.74, 6) is -1.89. The topological polar surface area (TPSA) is 84.0 Å². The van der Waals surface area contributed by atoms with E-state index in [9.17, 15) is 19.2 Å². The molecule has 3 amide bonds. The van der Waals surface area contributed by atoms with Gasteiger partial charge in [-0.15, -0.1) is 0 Å². The van der Waals surface area contributed by atoms with E-state index in [1.54, 1.807) is 6.07 Å². The predicted molar refractivity (Wildman–Crippen MR) is 75.3 cm³/mol. The Morgan fingerprint density at radius 2 is 1.86 bits per heavy atom. The lowest BCUT2D eigenvalue weighted by atomic mass is 10.1. The summed E-state index contributed by atoms with van der Waals surface area (Å²) in [6.45, 7) is 0.211. The van der Waals surface area contributed by atoms with Crippen LogP contribution in [0.25, 0.3) is 0 Å². The molecular weight excluding hydrogens is 288 g/mol. The molecule has 0 radical (unpaired) electrons. The van der Waals surface area contributed by atoms with Crippen LogP contribution in [-0.2, 0) is 14.3 Å². The van der Waals surface area contributed by atoms with Crippen molar-refractivity contribution in [1.82, 2.24) is 4.90 Å². The van der Waals surface area contributed by atoms with Gasteiger partial charge in [0.2, 0.25) is 5.91 Å². The summed E-state index contributed by atoms with van der Waals surface area (Å²) < 4.78 is 4.66. The van der Waals surface area contributed by atoms with Crippen LogP contribution in [0.2, 0.25) is 0 Å². The van der Waals surface area contributed by atoms with Gasteiger partial charge in [-0.25, -0.2) is 0 Å². The zero-order chi connectivity index (χ0) is 16.0. The summed E-state index contributed by atoms with van der Waals surface area (Å²) in [5.41, 5.74) is 1.11. The lowest BCUT2D eigenvalue weighted by Crippen LogP contribution is -2.26. The normalized spacial score (nSPS) is 20.6. The Balaban J connectivity index is 1.92. The number of carbonyl (C=O) groups excluding carboxylic acids is 4. The van der Waals surface area contributed by atoms with Crippen molar-refractivity contribution in [3.05, 3.63) is 29.3 Å². The van der Waals surface area contributed by atoms with E-state index in [0.29, 0.717) is 11.3 Å². The molecular formula is C15H14N2O5. The van der Waals surface area contributed by atoms with Gasteiger partial charge >= 0.3 is 5.97 Å². The second-order valence-electron chi connectivity index (χ2n) is 5.33. The van der Waals surface area contributed by atoms with Crippen molar-refractivity contribution >= 4 is 29.4 Å². The zero-order valence-corrected chi connectivity index (χ0v) is 12.2. The van der Waals surface area contributed by atoms with Crippen molar-refractivity contribution in [3.63, 3.8) is 0 Å². The van der Waals surface area contributed by atoms with Gasteiger partial charge in [0.1, 0.15) is 0 Å². The molecule has 7 nitrogen and oxygen atoms in total. The highest BCUT2D eigenvalue weighted by molar-refractivity contribution is 6.21. The Bertz CT molecular complexity index is 712. The molecule has 0 saturated carbocycles. The molecule has 0 N–H and O–H groups in total. The Hall–Kier alpha value is -2.70. The fraction of sp³-hybridized carbons (Fsp3) is 0.333. The maximum absolute atomic E-state index is 12.1. The molecule has 3 rings (SSSR count). The number of hydrogen-bond acceptors (Lipinski definition) is 5. The number of methoxy groups -OCH3 is 1. The molecule has 1 aromatic rings. The van der Waals surface area contributed by atoms with Gasteiger partial charge in [0.05, 0.1) is 24.2 Å². The number of imide groups is 1. The average molecular weight is 302 g/mol. The van der Waals surface area contributed by atoms with Crippen LogP contribution in [0, 0.1) is 5.92 Å². The van der Waals surface area contributed by atoms with Gasteiger partial charge in [-0.3, -0.25) is 24.1 Å². The average Bonchev–Trinajstić information content (AvgIpc) is 3.01. The first-order valence-corrected chi connectivity index (χ1v) is 6.78. The van der Waals surface area contributed by atoms with Gasteiger partial charge in [-0.05, 0) is 18.2 Å². The number of carbonyl (C=O) groups is 4. The number of rotatable bonds is 2. The molecule has 1 fully saturated rings. The van der Waals surface area contributed by atoms with Crippen LogP contribution in [0.3, 0.4) is 0 Å². The minimum atomic E-state index is -0.509. The fourth-order valence-corrected chi connectivity index (χ4v) is 2.80. The number of esters is 1.